The van der Waals surface area contributed by atoms with Gasteiger partial charge in [0.25, 0.3) is 0 Å². The van der Waals surface area contributed by atoms with Crippen LogP contribution in [-0.4, -0.2) is 9.97 Å². The third-order valence-electron chi connectivity index (χ3n) is 3.38. The van der Waals surface area contributed by atoms with E-state index in [-0.39, 0.29) is 0 Å². The van der Waals surface area contributed by atoms with Gasteiger partial charge in [0, 0.05) is 11.8 Å². The highest BCUT2D eigenvalue weighted by Crippen LogP contribution is 2.27. The van der Waals surface area contributed by atoms with Crippen LogP contribution in [0.25, 0.3) is 11.3 Å². The Kier molecular flexibility index (Phi) is 3.60. The van der Waals surface area contributed by atoms with E-state index in [4.69, 9.17) is 5.73 Å². The van der Waals surface area contributed by atoms with E-state index in [0.717, 1.165) is 11.3 Å². The number of benzene rings is 1. The Hall–Kier alpha value is -1.90. The molecule has 3 nitrogen and oxygen atoms in total. The molecule has 0 fully saturated rings. The van der Waals surface area contributed by atoms with Crippen LogP contribution in [0.1, 0.15) is 32.3 Å². The minimum atomic E-state index is 0.315. The summed E-state index contributed by atoms with van der Waals surface area (Å²) in [6, 6.07) is 10.4. The molecule has 0 aliphatic carbocycles. The molecule has 94 valence electrons. The van der Waals surface area contributed by atoms with Crippen LogP contribution >= 0.6 is 0 Å². The molecule has 1 aromatic carbocycles. The standard InChI is InChI=1S/C15H19N3/c1-10(2)11(3)12-5-4-6-13(9-12)14-7-8-17-15(16)18-14/h4-11H,1-3H3,(H2,16,17,18). The van der Waals surface area contributed by atoms with Gasteiger partial charge in [-0.25, -0.2) is 9.97 Å². The lowest BCUT2D eigenvalue weighted by Crippen LogP contribution is -2.02. The van der Waals surface area contributed by atoms with Crippen molar-refractivity contribution in [3.63, 3.8) is 0 Å². The number of hydrogen-bond donors (Lipinski definition) is 1. The van der Waals surface area contributed by atoms with Crippen LogP contribution in [0.3, 0.4) is 0 Å². The summed E-state index contributed by atoms with van der Waals surface area (Å²) < 4.78 is 0. The molecular weight excluding hydrogens is 222 g/mol. The summed E-state index contributed by atoms with van der Waals surface area (Å²) in [6.45, 7) is 6.72. The van der Waals surface area contributed by atoms with Gasteiger partial charge in [0.2, 0.25) is 5.95 Å². The van der Waals surface area contributed by atoms with Crippen LogP contribution in [0.5, 0.6) is 0 Å². The molecule has 0 bridgehead atoms. The smallest absolute Gasteiger partial charge is 0.220 e. The number of nitrogens with zero attached hydrogens (tertiary/aromatic N) is 2. The maximum absolute atomic E-state index is 5.62. The van der Waals surface area contributed by atoms with Crippen LogP contribution < -0.4 is 5.73 Å². The Morgan fingerprint density at radius 2 is 1.89 bits per heavy atom. The predicted molar refractivity (Wildman–Crippen MR) is 75.1 cm³/mol. The van der Waals surface area contributed by atoms with Gasteiger partial charge in [0.15, 0.2) is 0 Å². The van der Waals surface area contributed by atoms with Crippen molar-refractivity contribution in [2.45, 2.75) is 26.7 Å². The Morgan fingerprint density at radius 1 is 1.11 bits per heavy atom. The molecule has 1 aromatic heterocycles. The lowest BCUT2D eigenvalue weighted by Gasteiger charge is -2.16. The molecule has 0 spiro atoms. The Labute approximate surface area is 108 Å². The van der Waals surface area contributed by atoms with Crippen LogP contribution in [0.2, 0.25) is 0 Å². The first kappa shape index (κ1) is 12.6. The first-order chi connectivity index (χ1) is 8.58. The summed E-state index contributed by atoms with van der Waals surface area (Å²) in [7, 11) is 0. The molecule has 3 heteroatoms. The van der Waals surface area contributed by atoms with Gasteiger partial charge < -0.3 is 5.73 Å². The molecule has 0 amide bonds. The highest BCUT2D eigenvalue weighted by molar-refractivity contribution is 5.60. The second-order valence-electron chi connectivity index (χ2n) is 4.96. The van der Waals surface area contributed by atoms with Crippen LogP contribution in [-0.2, 0) is 0 Å². The normalized spacial score (nSPS) is 12.7. The first-order valence-electron chi connectivity index (χ1n) is 6.27. The molecule has 1 unspecified atom stereocenters. The zero-order valence-corrected chi connectivity index (χ0v) is 11.1. The summed E-state index contributed by atoms with van der Waals surface area (Å²) in [5.41, 5.74) is 8.92. The van der Waals surface area contributed by atoms with Crippen molar-refractivity contribution in [2.75, 3.05) is 5.73 Å². The molecule has 18 heavy (non-hydrogen) atoms. The van der Waals surface area contributed by atoms with E-state index in [1.54, 1.807) is 6.20 Å². The summed E-state index contributed by atoms with van der Waals surface area (Å²) in [5.74, 6) is 1.47. The van der Waals surface area contributed by atoms with Crippen molar-refractivity contribution < 1.29 is 0 Å². The average Bonchev–Trinajstić information content (AvgIpc) is 2.38. The maximum atomic E-state index is 5.62. The van der Waals surface area contributed by atoms with Gasteiger partial charge in [0.1, 0.15) is 0 Å². The molecule has 0 saturated heterocycles. The molecule has 0 saturated carbocycles. The number of nitrogens with two attached hydrogens (primary N) is 1. The van der Waals surface area contributed by atoms with Gasteiger partial charge in [-0.1, -0.05) is 39.0 Å². The van der Waals surface area contributed by atoms with E-state index in [1.807, 2.05) is 6.07 Å². The SMILES string of the molecule is CC(C)C(C)c1cccc(-c2ccnc(N)n2)c1. The van der Waals surface area contributed by atoms with Gasteiger partial charge in [-0.05, 0) is 29.5 Å². The lowest BCUT2D eigenvalue weighted by molar-refractivity contribution is 0.535. The van der Waals surface area contributed by atoms with Crippen LogP contribution in [0.4, 0.5) is 5.95 Å². The van der Waals surface area contributed by atoms with E-state index >= 15 is 0 Å². The molecule has 2 N–H and O–H groups in total. The molecule has 1 heterocycles. The molecule has 0 radical (unpaired) electrons. The zero-order valence-electron chi connectivity index (χ0n) is 11.1. The number of aromatic nitrogens is 2. The molecule has 2 rings (SSSR count). The minimum Gasteiger partial charge on any atom is -0.368 e. The molecule has 0 aliphatic rings. The van der Waals surface area contributed by atoms with Gasteiger partial charge >= 0.3 is 0 Å². The minimum absolute atomic E-state index is 0.315. The maximum Gasteiger partial charge on any atom is 0.220 e. The summed E-state index contributed by atoms with van der Waals surface area (Å²) in [4.78, 5) is 8.17. The van der Waals surface area contributed by atoms with E-state index in [0.29, 0.717) is 17.8 Å². The Bertz CT molecular complexity index is 535. The van der Waals surface area contributed by atoms with Crippen molar-refractivity contribution in [1.82, 2.24) is 9.97 Å². The molecule has 1 atom stereocenters. The third kappa shape index (κ3) is 2.67. The van der Waals surface area contributed by atoms with Gasteiger partial charge in [-0.3, -0.25) is 0 Å². The second-order valence-corrected chi connectivity index (χ2v) is 4.96. The monoisotopic (exact) mass is 241 g/mol. The highest BCUT2D eigenvalue weighted by atomic mass is 15.0. The van der Waals surface area contributed by atoms with Gasteiger partial charge in [-0.15, -0.1) is 0 Å². The second kappa shape index (κ2) is 5.17. The van der Waals surface area contributed by atoms with Crippen molar-refractivity contribution in [2.24, 2.45) is 5.92 Å². The van der Waals surface area contributed by atoms with Gasteiger partial charge in [0.05, 0.1) is 5.69 Å². The van der Waals surface area contributed by atoms with Crippen molar-refractivity contribution in [3.8, 4) is 11.3 Å². The zero-order chi connectivity index (χ0) is 13.1. The fraction of sp³-hybridized carbons (Fsp3) is 0.333. The highest BCUT2D eigenvalue weighted by Gasteiger charge is 2.11. The summed E-state index contributed by atoms with van der Waals surface area (Å²) >= 11 is 0. The van der Waals surface area contributed by atoms with Crippen molar-refractivity contribution in [1.29, 1.82) is 0 Å². The van der Waals surface area contributed by atoms with Gasteiger partial charge in [-0.2, -0.15) is 0 Å². The summed E-state index contributed by atoms with van der Waals surface area (Å²) in [5, 5.41) is 0. The molecule has 0 aliphatic heterocycles. The first-order valence-corrected chi connectivity index (χ1v) is 6.27. The van der Waals surface area contributed by atoms with E-state index < -0.39 is 0 Å². The largest absolute Gasteiger partial charge is 0.368 e. The van der Waals surface area contributed by atoms with Crippen molar-refractivity contribution >= 4 is 5.95 Å². The molecule has 2 aromatic rings. The van der Waals surface area contributed by atoms with Crippen molar-refractivity contribution in [3.05, 3.63) is 42.1 Å². The topological polar surface area (TPSA) is 51.8 Å². The van der Waals surface area contributed by atoms with Crippen LogP contribution in [0.15, 0.2) is 36.5 Å². The average molecular weight is 241 g/mol. The number of hydrogen-bond acceptors (Lipinski definition) is 3. The Morgan fingerprint density at radius 3 is 2.56 bits per heavy atom. The van der Waals surface area contributed by atoms with E-state index in [1.165, 1.54) is 5.56 Å². The third-order valence-corrected chi connectivity index (χ3v) is 3.38. The Balaban J connectivity index is 2.38. The number of rotatable bonds is 3. The number of nitrogen functional groups attached to an aromatic ring is 1. The van der Waals surface area contributed by atoms with E-state index in [2.05, 4.69) is 55.0 Å². The summed E-state index contributed by atoms with van der Waals surface area (Å²) in [6.07, 6.45) is 1.69. The fourth-order valence-electron chi connectivity index (χ4n) is 1.90. The van der Waals surface area contributed by atoms with E-state index in [9.17, 15) is 0 Å². The lowest BCUT2D eigenvalue weighted by atomic mass is 9.89. The predicted octanol–water partition coefficient (Wildman–Crippen LogP) is 3.49. The number of anilines is 1. The quantitative estimate of drug-likeness (QED) is 0.895. The fourth-order valence-corrected chi connectivity index (χ4v) is 1.90. The molecular formula is C15H19N3. The van der Waals surface area contributed by atoms with Crippen LogP contribution in [0, 0.1) is 5.92 Å².